The van der Waals surface area contributed by atoms with E-state index in [9.17, 15) is 0 Å². The number of aryl methyl sites for hydroxylation is 1. The molecule has 0 amide bonds. The van der Waals surface area contributed by atoms with Gasteiger partial charge in [-0.15, -0.1) is 0 Å². The summed E-state index contributed by atoms with van der Waals surface area (Å²) < 4.78 is 0. The third kappa shape index (κ3) is 2.89. The van der Waals surface area contributed by atoms with E-state index in [2.05, 4.69) is 4.98 Å². The molecule has 0 fully saturated rings. The van der Waals surface area contributed by atoms with Crippen LogP contribution in [-0.2, 0) is 0 Å². The van der Waals surface area contributed by atoms with Crippen molar-refractivity contribution in [2.24, 2.45) is 0 Å². The monoisotopic (exact) mass is 192 g/mol. The van der Waals surface area contributed by atoms with Gasteiger partial charge in [0.25, 0.3) is 0 Å². The number of hydrogen-bond acceptors (Lipinski definition) is 2. The fourth-order valence-electron chi connectivity index (χ4n) is 0.945. The normalized spacial score (nSPS) is 10.2. The minimum absolute atomic E-state index is 0.419. The number of pyridine rings is 1. The zero-order valence-electron chi connectivity index (χ0n) is 7.29. The quantitative estimate of drug-likeness (QED) is 0.676. The van der Waals surface area contributed by atoms with Gasteiger partial charge < -0.3 is 0 Å². The Kier molecular flexibility index (Phi) is 3.48. The van der Waals surface area contributed by atoms with Crippen LogP contribution in [0.4, 0.5) is 0 Å². The molecule has 0 bridgehead atoms. The standard InChI is InChI=1S/C10H9ClN2/c1-8-6-10(11)13-7-9(8)4-2-3-5-12/h2,4,6-7H,3H2,1H3. The molecule has 0 unspecified atom stereocenters. The number of hydrogen-bond donors (Lipinski definition) is 0. The Morgan fingerprint density at radius 1 is 1.69 bits per heavy atom. The van der Waals surface area contributed by atoms with Gasteiger partial charge in [0.1, 0.15) is 5.15 Å². The van der Waals surface area contributed by atoms with Gasteiger partial charge >= 0.3 is 0 Å². The lowest BCUT2D eigenvalue weighted by Crippen LogP contribution is -1.83. The summed E-state index contributed by atoms with van der Waals surface area (Å²) in [5, 5.41) is 8.82. The Bertz CT molecular complexity index is 364. The van der Waals surface area contributed by atoms with E-state index in [1.54, 1.807) is 18.3 Å². The fraction of sp³-hybridized carbons (Fsp3) is 0.200. The summed E-state index contributed by atoms with van der Waals surface area (Å²) in [7, 11) is 0. The topological polar surface area (TPSA) is 36.7 Å². The molecule has 2 nitrogen and oxygen atoms in total. The average molecular weight is 193 g/mol. The van der Waals surface area contributed by atoms with Gasteiger partial charge in [0, 0.05) is 6.20 Å². The van der Waals surface area contributed by atoms with Crippen LogP contribution in [0.2, 0.25) is 5.15 Å². The van der Waals surface area contributed by atoms with Gasteiger partial charge in [-0.05, 0) is 24.1 Å². The minimum Gasteiger partial charge on any atom is -0.244 e. The highest BCUT2D eigenvalue weighted by Gasteiger charge is 1.95. The number of nitrogens with zero attached hydrogens (tertiary/aromatic N) is 2. The molecule has 13 heavy (non-hydrogen) atoms. The van der Waals surface area contributed by atoms with E-state index in [0.717, 1.165) is 11.1 Å². The van der Waals surface area contributed by atoms with Gasteiger partial charge in [0.05, 0.1) is 12.5 Å². The Morgan fingerprint density at radius 2 is 2.46 bits per heavy atom. The summed E-state index contributed by atoms with van der Waals surface area (Å²) in [5.74, 6) is 0. The summed E-state index contributed by atoms with van der Waals surface area (Å²) in [6.45, 7) is 1.96. The lowest BCUT2D eigenvalue weighted by atomic mass is 10.1. The number of halogens is 1. The summed E-state index contributed by atoms with van der Waals surface area (Å²) in [4.78, 5) is 3.95. The number of nitriles is 1. The number of allylic oxidation sites excluding steroid dienone is 1. The van der Waals surface area contributed by atoms with Crippen molar-refractivity contribution in [1.29, 1.82) is 5.26 Å². The van der Waals surface area contributed by atoms with Crippen LogP contribution in [0.5, 0.6) is 0 Å². The van der Waals surface area contributed by atoms with Crippen LogP contribution in [0.15, 0.2) is 18.3 Å². The summed E-state index contributed by atoms with van der Waals surface area (Å²) in [6, 6.07) is 3.83. The van der Waals surface area contributed by atoms with Gasteiger partial charge in [0.2, 0.25) is 0 Å². The molecular weight excluding hydrogens is 184 g/mol. The highest BCUT2D eigenvalue weighted by molar-refractivity contribution is 6.29. The van der Waals surface area contributed by atoms with Crippen molar-refractivity contribution in [3.05, 3.63) is 34.6 Å². The lowest BCUT2D eigenvalue weighted by molar-refractivity contribution is 1.27. The Balaban J connectivity index is 2.85. The van der Waals surface area contributed by atoms with Gasteiger partial charge in [-0.1, -0.05) is 23.8 Å². The Hall–Kier alpha value is -1.33. The van der Waals surface area contributed by atoms with Gasteiger partial charge in [0.15, 0.2) is 0 Å². The second-order valence-electron chi connectivity index (χ2n) is 2.63. The van der Waals surface area contributed by atoms with Crippen molar-refractivity contribution in [2.45, 2.75) is 13.3 Å². The summed E-state index contributed by atoms with van der Waals surface area (Å²) >= 11 is 5.69. The largest absolute Gasteiger partial charge is 0.244 e. The second kappa shape index (κ2) is 4.64. The van der Waals surface area contributed by atoms with Crippen LogP contribution >= 0.6 is 11.6 Å². The predicted molar refractivity (Wildman–Crippen MR) is 53.2 cm³/mol. The molecular formula is C10H9ClN2. The molecule has 3 heteroatoms. The first-order chi connectivity index (χ1) is 6.24. The summed E-state index contributed by atoms with van der Waals surface area (Å²) in [5.41, 5.74) is 2.06. The van der Waals surface area contributed by atoms with Crippen molar-refractivity contribution in [2.75, 3.05) is 0 Å². The predicted octanol–water partition coefficient (Wildman–Crippen LogP) is 2.97. The Labute approximate surface area is 82.5 Å². The van der Waals surface area contributed by atoms with Crippen LogP contribution in [0.25, 0.3) is 6.08 Å². The number of rotatable bonds is 2. The highest BCUT2D eigenvalue weighted by atomic mass is 35.5. The van der Waals surface area contributed by atoms with E-state index in [4.69, 9.17) is 16.9 Å². The second-order valence-corrected chi connectivity index (χ2v) is 3.02. The molecule has 0 spiro atoms. The molecule has 66 valence electrons. The minimum atomic E-state index is 0.419. The maximum atomic E-state index is 8.32. The third-order valence-corrected chi connectivity index (χ3v) is 1.83. The van der Waals surface area contributed by atoms with E-state index in [1.165, 1.54) is 0 Å². The van der Waals surface area contributed by atoms with Gasteiger partial charge in [-0.3, -0.25) is 0 Å². The molecule has 0 saturated carbocycles. The fourth-order valence-corrected chi connectivity index (χ4v) is 1.16. The smallest absolute Gasteiger partial charge is 0.129 e. The molecule has 0 radical (unpaired) electrons. The third-order valence-electron chi connectivity index (χ3n) is 1.62. The van der Waals surface area contributed by atoms with Crippen molar-refractivity contribution in [3.8, 4) is 6.07 Å². The van der Waals surface area contributed by atoms with Gasteiger partial charge in [-0.2, -0.15) is 5.26 Å². The van der Waals surface area contributed by atoms with Crippen LogP contribution < -0.4 is 0 Å². The van der Waals surface area contributed by atoms with Crippen LogP contribution in [0, 0.1) is 18.3 Å². The maximum absolute atomic E-state index is 8.32. The van der Waals surface area contributed by atoms with Crippen molar-refractivity contribution >= 4 is 17.7 Å². The van der Waals surface area contributed by atoms with E-state index in [0.29, 0.717) is 11.6 Å². The average Bonchev–Trinajstić information content (AvgIpc) is 2.09. The van der Waals surface area contributed by atoms with Gasteiger partial charge in [-0.25, -0.2) is 4.98 Å². The molecule has 0 aliphatic heterocycles. The lowest BCUT2D eigenvalue weighted by Gasteiger charge is -1.98. The molecule has 0 atom stereocenters. The first-order valence-corrected chi connectivity index (χ1v) is 4.27. The maximum Gasteiger partial charge on any atom is 0.129 e. The zero-order chi connectivity index (χ0) is 9.68. The number of aromatic nitrogens is 1. The van der Waals surface area contributed by atoms with E-state index >= 15 is 0 Å². The molecule has 1 aromatic heterocycles. The molecule has 1 rings (SSSR count). The van der Waals surface area contributed by atoms with E-state index in [-0.39, 0.29) is 0 Å². The van der Waals surface area contributed by atoms with Crippen LogP contribution in [0.3, 0.4) is 0 Å². The molecule has 0 aromatic carbocycles. The molecule has 0 saturated heterocycles. The van der Waals surface area contributed by atoms with Crippen LogP contribution in [0.1, 0.15) is 17.5 Å². The van der Waals surface area contributed by atoms with E-state index in [1.807, 2.05) is 19.1 Å². The van der Waals surface area contributed by atoms with Crippen LogP contribution in [-0.4, -0.2) is 4.98 Å². The molecule has 1 aromatic rings. The van der Waals surface area contributed by atoms with E-state index < -0.39 is 0 Å². The van der Waals surface area contributed by atoms with Crippen molar-refractivity contribution in [1.82, 2.24) is 4.98 Å². The van der Waals surface area contributed by atoms with Crippen molar-refractivity contribution < 1.29 is 0 Å². The molecule has 1 heterocycles. The molecule has 0 N–H and O–H groups in total. The Morgan fingerprint density at radius 3 is 3.08 bits per heavy atom. The highest BCUT2D eigenvalue weighted by Crippen LogP contribution is 2.13. The first kappa shape index (κ1) is 9.76. The molecule has 0 aliphatic carbocycles. The van der Waals surface area contributed by atoms with Crippen molar-refractivity contribution in [3.63, 3.8) is 0 Å². The zero-order valence-corrected chi connectivity index (χ0v) is 8.04. The molecule has 0 aliphatic rings. The first-order valence-electron chi connectivity index (χ1n) is 3.89. The SMILES string of the molecule is Cc1cc(Cl)ncc1C=CCC#N. The summed E-state index contributed by atoms with van der Waals surface area (Å²) in [6.07, 6.45) is 5.80.